The molecule has 27 heavy (non-hydrogen) atoms. The summed E-state index contributed by atoms with van der Waals surface area (Å²) in [5, 5.41) is 12.1. The van der Waals surface area contributed by atoms with E-state index in [1.165, 1.54) is 19.9 Å². The molecule has 2 atom stereocenters. The maximum absolute atomic E-state index is 12.1. The van der Waals surface area contributed by atoms with Gasteiger partial charge in [-0.2, -0.15) is 0 Å². The second kappa shape index (κ2) is 8.70. The van der Waals surface area contributed by atoms with Crippen LogP contribution in [0.3, 0.4) is 0 Å². The molecule has 0 saturated carbocycles. The van der Waals surface area contributed by atoms with Crippen molar-refractivity contribution in [2.24, 2.45) is 0 Å². The molecule has 0 bridgehead atoms. The van der Waals surface area contributed by atoms with Crippen molar-refractivity contribution in [2.75, 3.05) is 0 Å². The lowest BCUT2D eigenvalue weighted by Gasteiger charge is -2.18. The van der Waals surface area contributed by atoms with Crippen LogP contribution in [-0.4, -0.2) is 29.1 Å². The van der Waals surface area contributed by atoms with Crippen LogP contribution in [0.2, 0.25) is 0 Å². The van der Waals surface area contributed by atoms with Gasteiger partial charge in [-0.05, 0) is 51.3 Å². The molecule has 7 nitrogen and oxygen atoms in total. The van der Waals surface area contributed by atoms with Crippen LogP contribution in [0.5, 0.6) is 5.75 Å². The molecule has 146 valence electrons. The number of benzene rings is 1. The van der Waals surface area contributed by atoms with E-state index in [1.807, 2.05) is 6.07 Å². The zero-order chi connectivity index (χ0) is 20.1. The van der Waals surface area contributed by atoms with Gasteiger partial charge in [-0.25, -0.2) is 4.79 Å². The minimum atomic E-state index is -1.13. The highest BCUT2D eigenvalue weighted by atomic mass is 16.5. The number of carbonyl (C=O) groups is 2. The number of hydrogen-bond donors (Lipinski definition) is 2. The number of hydrogen-bond acceptors (Lipinski definition) is 5. The van der Waals surface area contributed by atoms with Crippen molar-refractivity contribution in [3.05, 3.63) is 39.7 Å². The number of amides is 1. The fourth-order valence-electron chi connectivity index (χ4n) is 2.75. The number of carboxylic acids is 1. The van der Waals surface area contributed by atoms with Crippen LogP contribution in [0, 0.1) is 6.92 Å². The lowest BCUT2D eigenvalue weighted by molar-refractivity contribution is -0.142. The van der Waals surface area contributed by atoms with Crippen LogP contribution in [-0.2, 0) is 16.0 Å². The Labute approximate surface area is 157 Å². The Balaban J connectivity index is 2.29. The third-order valence-electron chi connectivity index (χ3n) is 4.40. The standard InChI is InChI=1S/C20H25NO6/c1-5-6-7-14-10-17(22)27-18-11(2)16(9-8-15(14)18)26-13(4)19(23)21-12(3)20(24)25/h8-10,12-13H,5-7H2,1-4H3,(H,21,23)(H,24,25)/t12-,13-/m0/s1. The number of carbonyl (C=O) groups excluding carboxylic acids is 1. The zero-order valence-corrected chi connectivity index (χ0v) is 16.0. The molecule has 0 aliphatic carbocycles. The number of carboxylic acid groups (broad SMARTS) is 1. The van der Waals surface area contributed by atoms with Crippen molar-refractivity contribution < 1.29 is 23.8 Å². The predicted octanol–water partition coefficient (Wildman–Crippen LogP) is 2.80. The van der Waals surface area contributed by atoms with E-state index in [9.17, 15) is 14.4 Å². The van der Waals surface area contributed by atoms with Crippen LogP contribution >= 0.6 is 0 Å². The Hall–Kier alpha value is -2.83. The summed E-state index contributed by atoms with van der Waals surface area (Å²) in [4.78, 5) is 34.9. The van der Waals surface area contributed by atoms with Gasteiger partial charge in [0.05, 0.1) is 0 Å². The highest BCUT2D eigenvalue weighted by Gasteiger charge is 2.21. The van der Waals surface area contributed by atoms with Gasteiger partial charge >= 0.3 is 11.6 Å². The molecular formula is C20H25NO6. The number of ether oxygens (including phenoxy) is 1. The normalized spacial score (nSPS) is 13.2. The average Bonchev–Trinajstić information content (AvgIpc) is 2.62. The number of rotatable bonds is 8. The summed E-state index contributed by atoms with van der Waals surface area (Å²) in [6, 6.07) is 4.05. The predicted molar refractivity (Wildman–Crippen MR) is 101 cm³/mol. The van der Waals surface area contributed by atoms with E-state index in [-0.39, 0.29) is 0 Å². The molecule has 1 heterocycles. The molecule has 0 spiro atoms. The van der Waals surface area contributed by atoms with Gasteiger partial charge in [0, 0.05) is 17.0 Å². The third-order valence-corrected chi connectivity index (χ3v) is 4.40. The second-order valence-corrected chi connectivity index (χ2v) is 6.59. The maximum atomic E-state index is 12.1. The van der Waals surface area contributed by atoms with Gasteiger partial charge in [0.1, 0.15) is 17.4 Å². The minimum Gasteiger partial charge on any atom is -0.480 e. The Morgan fingerprint density at radius 2 is 2.00 bits per heavy atom. The second-order valence-electron chi connectivity index (χ2n) is 6.59. The number of fused-ring (bicyclic) bond motifs is 1. The highest BCUT2D eigenvalue weighted by molar-refractivity contribution is 5.87. The smallest absolute Gasteiger partial charge is 0.336 e. The molecule has 0 fully saturated rings. The van der Waals surface area contributed by atoms with Crippen molar-refractivity contribution >= 4 is 22.8 Å². The van der Waals surface area contributed by atoms with Crippen molar-refractivity contribution in [3.8, 4) is 5.75 Å². The average molecular weight is 375 g/mol. The molecule has 0 radical (unpaired) electrons. The van der Waals surface area contributed by atoms with Gasteiger partial charge in [-0.3, -0.25) is 9.59 Å². The van der Waals surface area contributed by atoms with E-state index in [4.69, 9.17) is 14.3 Å². The summed E-state index contributed by atoms with van der Waals surface area (Å²) < 4.78 is 11.1. The van der Waals surface area contributed by atoms with Crippen molar-refractivity contribution in [1.29, 1.82) is 0 Å². The lowest BCUT2D eigenvalue weighted by Crippen LogP contribution is -2.44. The zero-order valence-electron chi connectivity index (χ0n) is 16.0. The van der Waals surface area contributed by atoms with Crippen LogP contribution in [0.4, 0.5) is 0 Å². The van der Waals surface area contributed by atoms with Crippen LogP contribution in [0.15, 0.2) is 27.4 Å². The first-order valence-corrected chi connectivity index (χ1v) is 9.00. The van der Waals surface area contributed by atoms with Gasteiger partial charge in [0.15, 0.2) is 6.10 Å². The Bertz CT molecular complexity index is 901. The maximum Gasteiger partial charge on any atom is 0.336 e. The Kier molecular flexibility index (Phi) is 6.60. The fourth-order valence-corrected chi connectivity index (χ4v) is 2.75. The van der Waals surface area contributed by atoms with E-state index in [0.717, 1.165) is 30.2 Å². The molecule has 0 saturated heterocycles. The SMILES string of the molecule is CCCCc1cc(=O)oc2c(C)c(O[C@@H](C)C(=O)N[C@@H](C)C(=O)O)ccc12. The number of nitrogens with one attached hydrogen (secondary N) is 1. The summed E-state index contributed by atoms with van der Waals surface area (Å²) in [7, 11) is 0. The Morgan fingerprint density at radius 1 is 1.30 bits per heavy atom. The van der Waals surface area contributed by atoms with Crippen LogP contribution in [0.1, 0.15) is 44.7 Å². The molecule has 2 aromatic rings. The molecule has 1 amide bonds. The largest absolute Gasteiger partial charge is 0.480 e. The lowest BCUT2D eigenvalue weighted by atomic mass is 10.0. The molecule has 2 N–H and O–H groups in total. The Morgan fingerprint density at radius 3 is 2.63 bits per heavy atom. The minimum absolute atomic E-state index is 0.406. The third kappa shape index (κ3) is 4.87. The van der Waals surface area contributed by atoms with Gasteiger partial charge in [-0.1, -0.05) is 13.3 Å². The first-order chi connectivity index (χ1) is 12.7. The first-order valence-electron chi connectivity index (χ1n) is 9.00. The van der Waals surface area contributed by atoms with Crippen molar-refractivity contribution in [2.45, 2.75) is 59.1 Å². The quantitative estimate of drug-likeness (QED) is 0.687. The topological polar surface area (TPSA) is 106 Å². The summed E-state index contributed by atoms with van der Waals surface area (Å²) in [5.41, 5.74) is 1.57. The summed E-state index contributed by atoms with van der Waals surface area (Å²) in [6.45, 7) is 6.75. The van der Waals surface area contributed by atoms with Gasteiger partial charge in [0.2, 0.25) is 0 Å². The van der Waals surface area contributed by atoms with Gasteiger partial charge < -0.3 is 19.6 Å². The first kappa shape index (κ1) is 20.5. The molecular weight excluding hydrogens is 350 g/mol. The number of aryl methyl sites for hydroxylation is 2. The van der Waals surface area contributed by atoms with Crippen molar-refractivity contribution in [3.63, 3.8) is 0 Å². The molecule has 0 aliphatic rings. The van der Waals surface area contributed by atoms with E-state index >= 15 is 0 Å². The highest BCUT2D eigenvalue weighted by Crippen LogP contribution is 2.29. The number of unbranched alkanes of at least 4 members (excludes halogenated alkanes) is 1. The molecule has 0 aliphatic heterocycles. The van der Waals surface area contributed by atoms with Crippen LogP contribution < -0.4 is 15.7 Å². The number of aliphatic carboxylic acids is 1. The molecule has 1 aromatic heterocycles. The van der Waals surface area contributed by atoms with E-state index in [1.54, 1.807) is 13.0 Å². The monoisotopic (exact) mass is 375 g/mol. The molecule has 0 unspecified atom stereocenters. The molecule has 7 heteroatoms. The van der Waals surface area contributed by atoms with Gasteiger partial charge in [0.25, 0.3) is 5.91 Å². The van der Waals surface area contributed by atoms with Crippen molar-refractivity contribution in [1.82, 2.24) is 5.32 Å². The van der Waals surface area contributed by atoms with E-state index in [2.05, 4.69) is 12.2 Å². The van der Waals surface area contributed by atoms with E-state index in [0.29, 0.717) is 16.9 Å². The van der Waals surface area contributed by atoms with Gasteiger partial charge in [-0.15, -0.1) is 0 Å². The van der Waals surface area contributed by atoms with Crippen LogP contribution in [0.25, 0.3) is 11.0 Å². The molecule has 1 aromatic carbocycles. The summed E-state index contributed by atoms with van der Waals surface area (Å²) in [5.74, 6) is -1.26. The molecule has 2 rings (SSSR count). The summed E-state index contributed by atoms with van der Waals surface area (Å²) in [6.07, 6.45) is 1.86. The fraction of sp³-hybridized carbons (Fsp3) is 0.450. The summed E-state index contributed by atoms with van der Waals surface area (Å²) >= 11 is 0. The van der Waals surface area contributed by atoms with E-state index < -0.39 is 29.6 Å².